The lowest BCUT2D eigenvalue weighted by Crippen LogP contribution is -2.24. The molecule has 1 N–H and O–H groups in total. The maximum atomic E-state index is 12.2. The van der Waals surface area contributed by atoms with Crippen molar-refractivity contribution in [3.8, 4) is 5.69 Å². The van der Waals surface area contributed by atoms with Crippen LogP contribution in [-0.4, -0.2) is 32.8 Å². The van der Waals surface area contributed by atoms with Gasteiger partial charge in [-0.15, -0.1) is 0 Å². The minimum absolute atomic E-state index is 0.135. The number of fused-ring (bicyclic) bond motifs is 1. The van der Waals surface area contributed by atoms with Gasteiger partial charge in [0.1, 0.15) is 5.39 Å². The number of H-pyrrole nitrogens is 1. The van der Waals surface area contributed by atoms with Crippen LogP contribution in [0.4, 0.5) is 5.95 Å². The lowest BCUT2D eigenvalue weighted by atomic mass is 10.3. The molecule has 0 amide bonds. The second kappa shape index (κ2) is 4.73. The molecule has 1 aliphatic heterocycles. The summed E-state index contributed by atoms with van der Waals surface area (Å²) >= 11 is 0. The van der Waals surface area contributed by atoms with E-state index in [1.54, 1.807) is 10.9 Å². The molecule has 0 unspecified atom stereocenters. The van der Waals surface area contributed by atoms with Gasteiger partial charge in [-0.3, -0.25) is 9.78 Å². The van der Waals surface area contributed by atoms with Crippen molar-refractivity contribution >= 4 is 17.0 Å². The maximum Gasteiger partial charge on any atom is 0.263 e. The molecular formula is C15H15N5O. The number of para-hydroxylation sites is 1. The van der Waals surface area contributed by atoms with E-state index in [-0.39, 0.29) is 5.56 Å². The molecule has 0 bridgehead atoms. The standard InChI is InChI=1S/C15H15N5O/c21-14-12-10-16-20(11-6-2-1-3-7-11)13(12)17-15(18-14)19-8-4-5-9-19/h1-3,6-7,10H,4-5,8-9H2,(H,17,18,21). The molecule has 1 aromatic carbocycles. The van der Waals surface area contributed by atoms with Gasteiger partial charge >= 0.3 is 0 Å². The van der Waals surface area contributed by atoms with Gasteiger partial charge in [0.05, 0.1) is 11.9 Å². The normalized spacial score (nSPS) is 15.0. The zero-order valence-corrected chi connectivity index (χ0v) is 11.5. The molecule has 0 spiro atoms. The van der Waals surface area contributed by atoms with E-state index in [4.69, 9.17) is 0 Å². The monoisotopic (exact) mass is 281 g/mol. The summed E-state index contributed by atoms with van der Waals surface area (Å²) in [4.78, 5) is 21.8. The van der Waals surface area contributed by atoms with Gasteiger partial charge in [0.25, 0.3) is 5.56 Å². The summed E-state index contributed by atoms with van der Waals surface area (Å²) in [6.07, 6.45) is 3.85. The highest BCUT2D eigenvalue weighted by atomic mass is 16.1. The summed E-state index contributed by atoms with van der Waals surface area (Å²) in [7, 11) is 0. The van der Waals surface area contributed by atoms with Crippen LogP contribution < -0.4 is 10.5 Å². The van der Waals surface area contributed by atoms with Crippen molar-refractivity contribution in [2.75, 3.05) is 18.0 Å². The Bertz CT molecular complexity index is 830. The molecule has 3 aromatic rings. The Balaban J connectivity index is 1.91. The summed E-state index contributed by atoms with van der Waals surface area (Å²) in [6, 6.07) is 9.73. The fraction of sp³-hybridized carbons (Fsp3) is 0.267. The third kappa shape index (κ3) is 1.99. The third-order valence-electron chi connectivity index (χ3n) is 3.83. The van der Waals surface area contributed by atoms with Crippen molar-refractivity contribution in [3.05, 3.63) is 46.9 Å². The van der Waals surface area contributed by atoms with E-state index in [9.17, 15) is 4.79 Å². The Kier molecular flexibility index (Phi) is 2.73. The fourth-order valence-corrected chi connectivity index (χ4v) is 2.74. The minimum atomic E-state index is -0.135. The van der Waals surface area contributed by atoms with Crippen LogP contribution in [0.25, 0.3) is 16.7 Å². The quantitative estimate of drug-likeness (QED) is 0.776. The molecule has 6 nitrogen and oxygen atoms in total. The summed E-state index contributed by atoms with van der Waals surface area (Å²) in [6.45, 7) is 1.88. The number of nitrogens with zero attached hydrogens (tertiary/aromatic N) is 4. The molecular weight excluding hydrogens is 266 g/mol. The van der Waals surface area contributed by atoms with Gasteiger partial charge in [0.15, 0.2) is 5.65 Å². The second-order valence-corrected chi connectivity index (χ2v) is 5.21. The first-order valence-corrected chi connectivity index (χ1v) is 7.11. The molecule has 6 heteroatoms. The van der Waals surface area contributed by atoms with Gasteiger partial charge in [-0.1, -0.05) is 18.2 Å². The molecule has 1 fully saturated rings. The topological polar surface area (TPSA) is 66.8 Å². The van der Waals surface area contributed by atoms with Crippen LogP contribution in [0, 0.1) is 0 Å². The third-order valence-corrected chi connectivity index (χ3v) is 3.83. The molecule has 1 saturated heterocycles. The molecule has 0 saturated carbocycles. The maximum absolute atomic E-state index is 12.2. The lowest BCUT2D eigenvalue weighted by molar-refractivity contribution is 0.869. The molecule has 3 heterocycles. The molecule has 106 valence electrons. The summed E-state index contributed by atoms with van der Waals surface area (Å²) in [5.41, 5.74) is 1.37. The van der Waals surface area contributed by atoms with E-state index in [0.717, 1.165) is 31.6 Å². The van der Waals surface area contributed by atoms with Crippen LogP contribution in [-0.2, 0) is 0 Å². The van der Waals surface area contributed by atoms with Gasteiger partial charge in [-0.25, -0.2) is 4.68 Å². The van der Waals surface area contributed by atoms with Crippen molar-refractivity contribution in [1.29, 1.82) is 0 Å². The van der Waals surface area contributed by atoms with Crippen LogP contribution in [0.3, 0.4) is 0 Å². The van der Waals surface area contributed by atoms with Crippen LogP contribution >= 0.6 is 0 Å². The molecule has 4 rings (SSSR count). The highest BCUT2D eigenvalue weighted by Crippen LogP contribution is 2.18. The molecule has 0 aliphatic carbocycles. The molecule has 1 aliphatic rings. The minimum Gasteiger partial charge on any atom is -0.342 e. The average Bonchev–Trinajstić information content (AvgIpc) is 3.18. The predicted octanol–water partition coefficient (Wildman–Crippen LogP) is 1.71. The predicted molar refractivity (Wildman–Crippen MR) is 80.9 cm³/mol. The van der Waals surface area contributed by atoms with Crippen LogP contribution in [0.5, 0.6) is 0 Å². The van der Waals surface area contributed by atoms with Gasteiger partial charge < -0.3 is 4.90 Å². The average molecular weight is 281 g/mol. The zero-order valence-electron chi connectivity index (χ0n) is 11.5. The lowest BCUT2D eigenvalue weighted by Gasteiger charge is -2.15. The number of aromatic amines is 1. The zero-order chi connectivity index (χ0) is 14.2. The first-order valence-electron chi connectivity index (χ1n) is 7.11. The van der Waals surface area contributed by atoms with E-state index in [1.807, 2.05) is 30.3 Å². The molecule has 2 aromatic heterocycles. The van der Waals surface area contributed by atoms with Crippen molar-refractivity contribution in [2.45, 2.75) is 12.8 Å². The number of benzene rings is 1. The number of hydrogen-bond acceptors (Lipinski definition) is 4. The van der Waals surface area contributed by atoms with Crippen LogP contribution in [0.1, 0.15) is 12.8 Å². The summed E-state index contributed by atoms with van der Waals surface area (Å²) in [5.74, 6) is 0.641. The fourth-order valence-electron chi connectivity index (χ4n) is 2.74. The van der Waals surface area contributed by atoms with Crippen LogP contribution in [0.15, 0.2) is 41.3 Å². The van der Waals surface area contributed by atoms with Gasteiger partial charge in [0, 0.05) is 13.1 Å². The Morgan fingerprint density at radius 3 is 2.62 bits per heavy atom. The van der Waals surface area contributed by atoms with Crippen LogP contribution in [0.2, 0.25) is 0 Å². The Labute approximate surface area is 121 Å². The van der Waals surface area contributed by atoms with Crippen molar-refractivity contribution in [1.82, 2.24) is 19.7 Å². The van der Waals surface area contributed by atoms with E-state index in [0.29, 0.717) is 17.0 Å². The van der Waals surface area contributed by atoms with E-state index in [1.165, 1.54) is 0 Å². The van der Waals surface area contributed by atoms with E-state index < -0.39 is 0 Å². The Morgan fingerprint density at radius 2 is 1.86 bits per heavy atom. The number of nitrogens with one attached hydrogen (secondary N) is 1. The summed E-state index contributed by atoms with van der Waals surface area (Å²) in [5, 5.41) is 4.83. The largest absolute Gasteiger partial charge is 0.342 e. The highest BCUT2D eigenvalue weighted by Gasteiger charge is 2.17. The number of hydrogen-bond donors (Lipinski definition) is 1. The van der Waals surface area contributed by atoms with Gasteiger partial charge in [-0.05, 0) is 25.0 Å². The number of anilines is 1. The highest BCUT2D eigenvalue weighted by molar-refractivity contribution is 5.76. The first-order chi connectivity index (χ1) is 10.3. The van der Waals surface area contributed by atoms with E-state index >= 15 is 0 Å². The van der Waals surface area contributed by atoms with Crippen molar-refractivity contribution in [2.24, 2.45) is 0 Å². The SMILES string of the molecule is O=c1[nH]c(N2CCCC2)nc2c1cnn2-c1ccccc1. The molecule has 21 heavy (non-hydrogen) atoms. The number of aromatic nitrogens is 4. The Hall–Kier alpha value is -2.63. The number of rotatable bonds is 2. The Morgan fingerprint density at radius 1 is 1.10 bits per heavy atom. The van der Waals surface area contributed by atoms with Gasteiger partial charge in [-0.2, -0.15) is 10.1 Å². The summed E-state index contributed by atoms with van der Waals surface area (Å²) < 4.78 is 1.71. The second-order valence-electron chi connectivity index (χ2n) is 5.21. The van der Waals surface area contributed by atoms with Crippen molar-refractivity contribution in [3.63, 3.8) is 0 Å². The smallest absolute Gasteiger partial charge is 0.263 e. The molecule has 0 atom stereocenters. The van der Waals surface area contributed by atoms with Gasteiger partial charge in [0.2, 0.25) is 5.95 Å². The van der Waals surface area contributed by atoms with E-state index in [2.05, 4.69) is 20.0 Å². The first kappa shape index (κ1) is 12.1. The molecule has 0 radical (unpaired) electrons. The van der Waals surface area contributed by atoms with Crippen molar-refractivity contribution < 1.29 is 0 Å².